The van der Waals surface area contributed by atoms with E-state index in [-0.39, 0.29) is 6.10 Å². The van der Waals surface area contributed by atoms with Crippen molar-refractivity contribution < 1.29 is 19.1 Å². The van der Waals surface area contributed by atoms with Crippen LogP contribution in [0.5, 0.6) is 11.5 Å². The van der Waals surface area contributed by atoms with Crippen molar-refractivity contribution in [3.05, 3.63) is 53.1 Å². The van der Waals surface area contributed by atoms with Crippen LogP contribution in [0.4, 0.5) is 5.69 Å². The van der Waals surface area contributed by atoms with Crippen LogP contribution in [0.2, 0.25) is 5.02 Å². The van der Waals surface area contributed by atoms with Crippen molar-refractivity contribution in [1.82, 2.24) is 5.43 Å². The van der Waals surface area contributed by atoms with Crippen LogP contribution >= 0.6 is 11.6 Å². The zero-order valence-electron chi connectivity index (χ0n) is 16.7. The monoisotopic (exact) mass is 417 g/mol. The van der Waals surface area contributed by atoms with E-state index in [9.17, 15) is 9.59 Å². The lowest BCUT2D eigenvalue weighted by molar-refractivity contribution is -0.131. The first-order valence-corrected chi connectivity index (χ1v) is 9.42. The molecule has 0 heterocycles. The minimum atomic E-state index is -0.944. The van der Waals surface area contributed by atoms with Crippen molar-refractivity contribution >= 4 is 35.3 Å². The molecule has 0 saturated carbocycles. The van der Waals surface area contributed by atoms with Crippen molar-refractivity contribution in [1.29, 1.82) is 0 Å². The van der Waals surface area contributed by atoms with Crippen LogP contribution in [-0.2, 0) is 9.59 Å². The minimum absolute atomic E-state index is 0.0282. The van der Waals surface area contributed by atoms with Crippen molar-refractivity contribution in [3.8, 4) is 11.5 Å². The molecule has 8 heteroatoms. The average Bonchev–Trinajstić information content (AvgIpc) is 2.69. The number of carbonyl (C=O) groups is 2. The number of nitrogens with zero attached hydrogens (tertiary/aromatic N) is 1. The topological polar surface area (TPSA) is 89.0 Å². The maximum Gasteiger partial charge on any atom is 0.252 e. The van der Waals surface area contributed by atoms with Crippen LogP contribution in [0.25, 0.3) is 0 Å². The van der Waals surface area contributed by atoms with E-state index >= 15 is 0 Å². The van der Waals surface area contributed by atoms with Gasteiger partial charge >= 0.3 is 0 Å². The molecule has 154 valence electrons. The van der Waals surface area contributed by atoms with Gasteiger partial charge in [-0.25, -0.2) is 5.43 Å². The number of ether oxygens (including phenoxy) is 2. The Balaban J connectivity index is 1.97. The Kier molecular flexibility index (Phi) is 8.03. The summed E-state index contributed by atoms with van der Waals surface area (Å²) in [6.45, 7) is 5.30. The number of methoxy groups -OCH3 is 1. The van der Waals surface area contributed by atoms with Crippen molar-refractivity contribution in [2.24, 2.45) is 11.0 Å². The molecule has 0 aliphatic heterocycles. The van der Waals surface area contributed by atoms with Gasteiger partial charge in [-0.15, -0.1) is 0 Å². The number of hydrogen-bond donors (Lipinski definition) is 2. The number of carbonyl (C=O) groups excluding carboxylic acids is 2. The molecule has 0 spiro atoms. The Bertz CT molecular complexity index is 882. The molecule has 1 atom stereocenters. The molecule has 0 aliphatic carbocycles. The minimum Gasteiger partial charge on any atom is -0.497 e. The molecular weight excluding hydrogens is 394 g/mol. The average molecular weight is 418 g/mol. The number of amides is 2. The third kappa shape index (κ3) is 6.80. The van der Waals surface area contributed by atoms with Gasteiger partial charge in [0.15, 0.2) is 0 Å². The van der Waals surface area contributed by atoms with Crippen LogP contribution in [0.1, 0.15) is 26.3 Å². The SMILES string of the molecule is COc1ccc(NC(=O)C(C)C(=O)NN=Cc2cc(Cl)ccc2OC(C)C)cc1. The molecule has 2 aromatic carbocycles. The zero-order valence-corrected chi connectivity index (χ0v) is 17.5. The van der Waals surface area contributed by atoms with Gasteiger partial charge in [-0.1, -0.05) is 11.6 Å². The molecule has 2 N–H and O–H groups in total. The predicted molar refractivity (Wildman–Crippen MR) is 114 cm³/mol. The van der Waals surface area contributed by atoms with E-state index in [1.165, 1.54) is 13.1 Å². The number of hydrazone groups is 1. The molecule has 2 amide bonds. The highest BCUT2D eigenvalue weighted by Crippen LogP contribution is 2.22. The van der Waals surface area contributed by atoms with Crippen molar-refractivity contribution in [3.63, 3.8) is 0 Å². The Labute approximate surface area is 175 Å². The van der Waals surface area contributed by atoms with Gasteiger partial charge < -0.3 is 14.8 Å². The van der Waals surface area contributed by atoms with Gasteiger partial charge in [0, 0.05) is 16.3 Å². The maximum absolute atomic E-state index is 12.3. The fourth-order valence-corrected chi connectivity index (χ4v) is 2.47. The molecule has 0 aliphatic rings. The second-order valence-corrected chi connectivity index (χ2v) is 6.96. The van der Waals surface area contributed by atoms with E-state index < -0.39 is 17.7 Å². The Hall–Kier alpha value is -3.06. The van der Waals surface area contributed by atoms with Crippen molar-refractivity contribution in [2.75, 3.05) is 12.4 Å². The molecular formula is C21H24ClN3O4. The summed E-state index contributed by atoms with van der Waals surface area (Å²) >= 11 is 6.02. The summed E-state index contributed by atoms with van der Waals surface area (Å²) in [7, 11) is 1.56. The number of hydrogen-bond acceptors (Lipinski definition) is 5. The number of nitrogens with one attached hydrogen (secondary N) is 2. The number of rotatable bonds is 8. The molecule has 0 aromatic heterocycles. The van der Waals surface area contributed by atoms with Gasteiger partial charge in [-0.05, 0) is 63.2 Å². The van der Waals surface area contributed by atoms with Crippen LogP contribution in [-0.4, -0.2) is 31.2 Å². The highest BCUT2D eigenvalue weighted by atomic mass is 35.5. The Morgan fingerprint density at radius 1 is 1.07 bits per heavy atom. The standard InChI is InChI=1S/C21H24ClN3O4/c1-13(2)29-19-10-5-16(22)11-15(19)12-23-25-21(27)14(3)20(26)24-17-6-8-18(28-4)9-7-17/h5-14H,1-4H3,(H,24,26)(H,25,27). The Morgan fingerprint density at radius 3 is 2.38 bits per heavy atom. The van der Waals surface area contributed by atoms with Gasteiger partial charge in [0.2, 0.25) is 5.91 Å². The van der Waals surface area contributed by atoms with E-state index in [1.54, 1.807) is 49.6 Å². The zero-order chi connectivity index (χ0) is 21.4. The molecule has 2 rings (SSSR count). The van der Waals surface area contributed by atoms with Crippen LogP contribution in [0.3, 0.4) is 0 Å². The largest absolute Gasteiger partial charge is 0.497 e. The molecule has 0 radical (unpaired) electrons. The van der Waals surface area contributed by atoms with Gasteiger partial charge in [0.1, 0.15) is 17.4 Å². The number of benzene rings is 2. The third-order valence-electron chi connectivity index (χ3n) is 3.86. The second-order valence-electron chi connectivity index (χ2n) is 6.52. The second kappa shape index (κ2) is 10.5. The normalized spacial score (nSPS) is 11.9. The first kappa shape index (κ1) is 22.2. The Morgan fingerprint density at radius 2 is 1.76 bits per heavy atom. The summed E-state index contributed by atoms with van der Waals surface area (Å²) in [6.07, 6.45) is 1.40. The first-order chi connectivity index (χ1) is 13.8. The van der Waals surface area contributed by atoms with E-state index in [4.69, 9.17) is 21.1 Å². The van der Waals surface area contributed by atoms with Gasteiger partial charge in [-0.3, -0.25) is 9.59 Å². The van der Waals surface area contributed by atoms with Gasteiger partial charge in [0.25, 0.3) is 5.91 Å². The summed E-state index contributed by atoms with van der Waals surface area (Å²) in [5, 5.41) is 7.11. The lowest BCUT2D eigenvalue weighted by atomic mass is 10.1. The summed E-state index contributed by atoms with van der Waals surface area (Å²) in [5.41, 5.74) is 3.54. The lowest BCUT2D eigenvalue weighted by Gasteiger charge is -2.13. The molecule has 0 fully saturated rings. The fraction of sp³-hybridized carbons (Fsp3) is 0.286. The lowest BCUT2D eigenvalue weighted by Crippen LogP contribution is -2.34. The van der Waals surface area contributed by atoms with Crippen LogP contribution < -0.4 is 20.2 Å². The van der Waals surface area contributed by atoms with Crippen LogP contribution in [0.15, 0.2) is 47.6 Å². The first-order valence-electron chi connectivity index (χ1n) is 9.04. The maximum atomic E-state index is 12.3. The molecule has 7 nitrogen and oxygen atoms in total. The number of halogens is 1. The van der Waals surface area contributed by atoms with Gasteiger partial charge in [0.05, 0.1) is 19.4 Å². The predicted octanol–water partition coefficient (Wildman–Crippen LogP) is 3.86. The molecule has 29 heavy (non-hydrogen) atoms. The van der Waals surface area contributed by atoms with E-state index in [1.807, 2.05) is 13.8 Å². The van der Waals surface area contributed by atoms with E-state index in [2.05, 4.69) is 15.8 Å². The quantitative estimate of drug-likeness (QED) is 0.387. The van der Waals surface area contributed by atoms with E-state index in [0.717, 1.165) is 0 Å². The number of anilines is 1. The smallest absolute Gasteiger partial charge is 0.252 e. The fourth-order valence-electron chi connectivity index (χ4n) is 2.29. The summed E-state index contributed by atoms with van der Waals surface area (Å²) in [5.74, 6) is -0.673. The highest BCUT2D eigenvalue weighted by molar-refractivity contribution is 6.30. The molecule has 0 saturated heterocycles. The summed E-state index contributed by atoms with van der Waals surface area (Å²) in [6, 6.07) is 11.9. The molecule has 1 unspecified atom stereocenters. The summed E-state index contributed by atoms with van der Waals surface area (Å²) in [4.78, 5) is 24.5. The third-order valence-corrected chi connectivity index (χ3v) is 4.09. The van der Waals surface area contributed by atoms with Crippen LogP contribution in [0, 0.1) is 5.92 Å². The van der Waals surface area contributed by atoms with Crippen molar-refractivity contribution in [2.45, 2.75) is 26.9 Å². The molecule has 0 bridgehead atoms. The van der Waals surface area contributed by atoms with Gasteiger partial charge in [-0.2, -0.15) is 5.10 Å². The highest BCUT2D eigenvalue weighted by Gasteiger charge is 2.21. The van der Waals surface area contributed by atoms with E-state index in [0.29, 0.717) is 27.8 Å². The summed E-state index contributed by atoms with van der Waals surface area (Å²) < 4.78 is 10.8. The molecule has 2 aromatic rings.